The smallest absolute Gasteiger partial charge is 0.329 e. The highest BCUT2D eigenvalue weighted by molar-refractivity contribution is 5.85. The van der Waals surface area contributed by atoms with Gasteiger partial charge >= 0.3 is 5.69 Å². The number of hydrogen-bond acceptors (Lipinski definition) is 3. The van der Waals surface area contributed by atoms with E-state index in [1.165, 1.54) is 0 Å². The molecule has 5 nitrogen and oxygen atoms in total. The number of fused-ring (bicyclic) bond motifs is 1. The van der Waals surface area contributed by atoms with Gasteiger partial charge in [0.05, 0.1) is 5.52 Å². The lowest BCUT2D eigenvalue weighted by atomic mass is 10.3. The number of nitrogens with two attached hydrogens (primary N) is 1. The van der Waals surface area contributed by atoms with Crippen molar-refractivity contribution in [3.05, 3.63) is 22.7 Å². The number of hydrogen-bond donors (Lipinski definition) is 1. The van der Waals surface area contributed by atoms with E-state index in [9.17, 15) is 4.79 Å². The van der Waals surface area contributed by atoms with Crippen LogP contribution in [0.1, 0.15) is 26.8 Å². The van der Waals surface area contributed by atoms with E-state index in [0.717, 1.165) is 11.0 Å². The summed E-state index contributed by atoms with van der Waals surface area (Å²) in [6.07, 6.45) is 1.63. The van der Waals surface area contributed by atoms with Crippen molar-refractivity contribution in [3.8, 4) is 0 Å². The van der Waals surface area contributed by atoms with E-state index in [1.807, 2.05) is 26.8 Å². The van der Waals surface area contributed by atoms with Gasteiger partial charge in [0.2, 0.25) is 0 Å². The Balaban J connectivity index is 2.98. The molecule has 2 rings (SSSR count). The summed E-state index contributed by atoms with van der Waals surface area (Å²) in [6, 6.07) is 1.95. The third kappa shape index (κ3) is 1.31. The molecule has 2 aromatic rings. The van der Waals surface area contributed by atoms with Crippen molar-refractivity contribution < 1.29 is 0 Å². The number of anilines is 1. The Morgan fingerprint density at radius 3 is 2.75 bits per heavy atom. The second-order valence-corrected chi connectivity index (χ2v) is 4.05. The monoisotopic (exact) mass is 220 g/mol. The van der Waals surface area contributed by atoms with Crippen molar-refractivity contribution >= 4 is 16.9 Å². The predicted octanol–water partition coefficient (Wildman–Crippen LogP) is 1.38. The lowest BCUT2D eigenvalue weighted by Crippen LogP contribution is -2.25. The molecule has 0 bridgehead atoms. The fourth-order valence-corrected chi connectivity index (χ4v) is 2.05. The van der Waals surface area contributed by atoms with E-state index in [2.05, 4.69) is 4.98 Å². The number of aromatic nitrogens is 3. The van der Waals surface area contributed by atoms with Gasteiger partial charge in [0.15, 0.2) is 0 Å². The molecule has 0 aliphatic rings. The Hall–Kier alpha value is -1.78. The van der Waals surface area contributed by atoms with E-state index < -0.39 is 0 Å². The average molecular weight is 220 g/mol. The van der Waals surface area contributed by atoms with E-state index in [-0.39, 0.29) is 11.7 Å². The van der Waals surface area contributed by atoms with Gasteiger partial charge in [-0.15, -0.1) is 0 Å². The molecule has 2 aromatic heterocycles. The molecule has 2 N–H and O–H groups in total. The first-order chi connectivity index (χ1) is 7.57. The van der Waals surface area contributed by atoms with Crippen molar-refractivity contribution in [2.24, 2.45) is 0 Å². The van der Waals surface area contributed by atoms with Crippen LogP contribution in [-0.4, -0.2) is 14.1 Å². The molecule has 0 aliphatic carbocycles. The second-order valence-electron chi connectivity index (χ2n) is 4.05. The Kier molecular flexibility index (Phi) is 2.46. The highest BCUT2D eigenvalue weighted by atomic mass is 16.1. The second kappa shape index (κ2) is 3.66. The zero-order chi connectivity index (χ0) is 11.9. The van der Waals surface area contributed by atoms with Gasteiger partial charge in [-0.25, -0.2) is 9.78 Å². The first kappa shape index (κ1) is 10.7. The van der Waals surface area contributed by atoms with Gasteiger partial charge in [-0.1, -0.05) is 0 Å². The third-order valence-corrected chi connectivity index (χ3v) is 2.73. The van der Waals surface area contributed by atoms with Gasteiger partial charge < -0.3 is 5.73 Å². The van der Waals surface area contributed by atoms with Crippen LogP contribution < -0.4 is 11.4 Å². The van der Waals surface area contributed by atoms with Crippen molar-refractivity contribution in [1.82, 2.24) is 14.1 Å². The summed E-state index contributed by atoms with van der Waals surface area (Å²) < 4.78 is 3.41. The lowest BCUT2D eigenvalue weighted by molar-refractivity contribution is 0.572. The highest BCUT2D eigenvalue weighted by Crippen LogP contribution is 2.20. The maximum atomic E-state index is 12.2. The molecule has 0 saturated carbocycles. The molecule has 0 atom stereocenters. The van der Waals surface area contributed by atoms with Crippen molar-refractivity contribution in [2.45, 2.75) is 33.4 Å². The van der Waals surface area contributed by atoms with Gasteiger partial charge in [0, 0.05) is 18.8 Å². The quantitative estimate of drug-likeness (QED) is 0.831. The normalized spacial score (nSPS) is 11.5. The van der Waals surface area contributed by atoms with Crippen LogP contribution in [0.5, 0.6) is 0 Å². The van der Waals surface area contributed by atoms with E-state index >= 15 is 0 Å². The minimum absolute atomic E-state index is 0.0211. The van der Waals surface area contributed by atoms with Crippen LogP contribution in [0.15, 0.2) is 17.1 Å². The minimum atomic E-state index is -0.0211. The van der Waals surface area contributed by atoms with Crippen LogP contribution in [0.25, 0.3) is 11.0 Å². The molecule has 0 spiro atoms. The fourth-order valence-electron chi connectivity index (χ4n) is 2.05. The zero-order valence-corrected chi connectivity index (χ0v) is 9.77. The van der Waals surface area contributed by atoms with E-state index in [4.69, 9.17) is 5.73 Å². The molecule has 0 radical (unpaired) electrons. The molecule has 86 valence electrons. The SMILES string of the molecule is CCn1c(=O)n(C(C)C)c2ccnc(N)c21. The first-order valence-corrected chi connectivity index (χ1v) is 5.43. The van der Waals surface area contributed by atoms with Crippen molar-refractivity contribution in [1.29, 1.82) is 0 Å². The van der Waals surface area contributed by atoms with Gasteiger partial charge in [0.25, 0.3) is 0 Å². The molecule has 0 aliphatic heterocycles. The minimum Gasteiger partial charge on any atom is -0.382 e. The Morgan fingerprint density at radius 2 is 2.19 bits per heavy atom. The van der Waals surface area contributed by atoms with Gasteiger partial charge in [-0.05, 0) is 26.8 Å². The molecule has 0 unspecified atom stereocenters. The summed E-state index contributed by atoms with van der Waals surface area (Å²) in [5, 5.41) is 0. The maximum absolute atomic E-state index is 12.2. The summed E-state index contributed by atoms with van der Waals surface area (Å²) in [7, 11) is 0. The maximum Gasteiger partial charge on any atom is 0.329 e. The number of pyridine rings is 1. The number of rotatable bonds is 2. The number of aryl methyl sites for hydroxylation is 1. The molecule has 5 heteroatoms. The van der Waals surface area contributed by atoms with Gasteiger partial charge in [0.1, 0.15) is 11.3 Å². The molecule has 0 fully saturated rings. The lowest BCUT2D eigenvalue weighted by Gasteiger charge is -2.06. The summed E-state index contributed by atoms with van der Waals surface area (Å²) in [6.45, 7) is 6.50. The molecular formula is C11H16N4O. The van der Waals surface area contributed by atoms with Crippen LogP contribution >= 0.6 is 0 Å². The van der Waals surface area contributed by atoms with E-state index in [0.29, 0.717) is 12.4 Å². The standard InChI is InChI=1S/C11H16N4O/c1-4-14-9-8(5-6-13-10(9)12)15(7(2)3)11(14)16/h5-7H,4H2,1-3H3,(H2,12,13). The Bertz CT molecular complexity index is 579. The number of imidazole rings is 1. The van der Waals surface area contributed by atoms with Crippen LogP contribution in [0, 0.1) is 0 Å². The molecule has 0 aromatic carbocycles. The van der Waals surface area contributed by atoms with Crippen molar-refractivity contribution in [2.75, 3.05) is 5.73 Å². The molecule has 16 heavy (non-hydrogen) atoms. The highest BCUT2D eigenvalue weighted by Gasteiger charge is 2.16. The molecule has 2 heterocycles. The van der Waals surface area contributed by atoms with Crippen LogP contribution in [0.3, 0.4) is 0 Å². The van der Waals surface area contributed by atoms with Crippen molar-refractivity contribution in [3.63, 3.8) is 0 Å². The summed E-state index contributed by atoms with van der Waals surface area (Å²) in [5.74, 6) is 0.413. The van der Waals surface area contributed by atoms with E-state index in [1.54, 1.807) is 15.3 Å². The predicted molar refractivity (Wildman–Crippen MR) is 64.5 cm³/mol. The number of nitrogens with zero attached hydrogens (tertiary/aromatic N) is 3. The van der Waals surface area contributed by atoms with Gasteiger partial charge in [-0.3, -0.25) is 9.13 Å². The van der Waals surface area contributed by atoms with Crippen LogP contribution in [-0.2, 0) is 6.54 Å². The Labute approximate surface area is 93.5 Å². The Morgan fingerprint density at radius 1 is 1.50 bits per heavy atom. The van der Waals surface area contributed by atoms with Crippen LogP contribution in [0.2, 0.25) is 0 Å². The third-order valence-electron chi connectivity index (χ3n) is 2.73. The van der Waals surface area contributed by atoms with Gasteiger partial charge in [-0.2, -0.15) is 0 Å². The van der Waals surface area contributed by atoms with Crippen LogP contribution in [0.4, 0.5) is 5.82 Å². The largest absolute Gasteiger partial charge is 0.382 e. The first-order valence-electron chi connectivity index (χ1n) is 5.43. The summed E-state index contributed by atoms with van der Waals surface area (Å²) in [4.78, 5) is 16.2. The fraction of sp³-hybridized carbons (Fsp3) is 0.455. The molecule has 0 saturated heterocycles. The topological polar surface area (TPSA) is 65.8 Å². The number of nitrogen functional groups attached to an aromatic ring is 1. The molecule has 0 amide bonds. The average Bonchev–Trinajstić information content (AvgIpc) is 2.51. The molecular weight excluding hydrogens is 204 g/mol. The zero-order valence-electron chi connectivity index (χ0n) is 9.77. The summed E-state index contributed by atoms with van der Waals surface area (Å²) >= 11 is 0. The summed E-state index contributed by atoms with van der Waals surface area (Å²) in [5.41, 5.74) is 7.41.